The highest BCUT2D eigenvalue weighted by Gasteiger charge is 2.20. The zero-order valence-corrected chi connectivity index (χ0v) is 16.4. The first kappa shape index (κ1) is 18.9. The molecule has 142 valence electrons. The van der Waals surface area contributed by atoms with Crippen molar-refractivity contribution in [2.24, 2.45) is 0 Å². The summed E-state index contributed by atoms with van der Waals surface area (Å²) in [6.45, 7) is 9.85. The van der Waals surface area contributed by atoms with Gasteiger partial charge in [0.1, 0.15) is 0 Å². The molecular weight excluding hydrogens is 340 g/mol. The summed E-state index contributed by atoms with van der Waals surface area (Å²) in [6, 6.07) is 11.8. The van der Waals surface area contributed by atoms with Crippen molar-refractivity contribution < 1.29 is 9.53 Å². The van der Waals surface area contributed by atoms with Crippen LogP contribution in [0.1, 0.15) is 32.0 Å². The number of imidazole rings is 1. The van der Waals surface area contributed by atoms with Crippen molar-refractivity contribution in [1.82, 2.24) is 19.5 Å². The number of hydrogen-bond donors (Lipinski definition) is 0. The third-order valence-corrected chi connectivity index (χ3v) is 4.60. The molecule has 0 aliphatic heterocycles. The molecule has 1 amide bonds. The first-order valence-corrected chi connectivity index (χ1v) is 9.43. The lowest BCUT2D eigenvalue weighted by atomic mass is 10.1. The summed E-state index contributed by atoms with van der Waals surface area (Å²) in [6.07, 6.45) is 0.245. The second kappa shape index (κ2) is 8.20. The maximum atomic E-state index is 12.8. The second-order valence-corrected chi connectivity index (χ2v) is 6.39. The Morgan fingerprint density at radius 1 is 1.07 bits per heavy atom. The molecule has 0 unspecified atom stereocenters. The van der Waals surface area contributed by atoms with Gasteiger partial charge in [-0.2, -0.15) is 0 Å². The van der Waals surface area contributed by atoms with Gasteiger partial charge >= 0.3 is 0 Å². The molecule has 0 spiro atoms. The molecule has 2 aromatic heterocycles. The van der Waals surface area contributed by atoms with E-state index in [1.165, 1.54) is 5.56 Å². The molecule has 3 rings (SSSR count). The number of aromatic nitrogens is 3. The first-order valence-electron chi connectivity index (χ1n) is 9.43. The van der Waals surface area contributed by atoms with Crippen LogP contribution in [0.15, 0.2) is 36.4 Å². The predicted octanol–water partition coefficient (Wildman–Crippen LogP) is 3.51. The molecule has 1 aromatic carbocycles. The van der Waals surface area contributed by atoms with Gasteiger partial charge in [-0.25, -0.2) is 9.50 Å². The van der Waals surface area contributed by atoms with E-state index in [0.29, 0.717) is 31.2 Å². The van der Waals surface area contributed by atoms with Crippen LogP contribution in [0.4, 0.5) is 0 Å². The van der Waals surface area contributed by atoms with Crippen LogP contribution < -0.4 is 4.74 Å². The first-order chi connectivity index (χ1) is 13.1. The summed E-state index contributed by atoms with van der Waals surface area (Å²) < 4.78 is 7.28. The summed E-state index contributed by atoms with van der Waals surface area (Å²) in [5.74, 6) is 0.591. The van der Waals surface area contributed by atoms with Crippen molar-refractivity contribution in [2.45, 2.75) is 34.1 Å². The van der Waals surface area contributed by atoms with Crippen LogP contribution in [0.2, 0.25) is 0 Å². The summed E-state index contributed by atoms with van der Waals surface area (Å²) >= 11 is 0. The van der Waals surface area contributed by atoms with Crippen molar-refractivity contribution >= 4 is 11.6 Å². The van der Waals surface area contributed by atoms with Crippen molar-refractivity contribution in [3.05, 3.63) is 47.7 Å². The molecule has 0 atom stereocenters. The number of carbonyl (C=O) groups excluding carboxylic acids is 1. The van der Waals surface area contributed by atoms with E-state index < -0.39 is 0 Å². The number of nitrogens with zero attached hydrogens (tertiary/aromatic N) is 4. The van der Waals surface area contributed by atoms with E-state index in [0.717, 1.165) is 17.0 Å². The van der Waals surface area contributed by atoms with Crippen LogP contribution in [-0.4, -0.2) is 45.1 Å². The second-order valence-electron chi connectivity index (χ2n) is 6.39. The summed E-state index contributed by atoms with van der Waals surface area (Å²) in [4.78, 5) is 19.4. The van der Waals surface area contributed by atoms with Crippen molar-refractivity contribution in [3.63, 3.8) is 0 Å². The van der Waals surface area contributed by atoms with Gasteiger partial charge in [-0.3, -0.25) is 4.79 Å². The number of aryl methyl sites for hydroxylation is 1. The number of hydrogen-bond acceptors (Lipinski definition) is 4. The van der Waals surface area contributed by atoms with E-state index in [1.54, 1.807) is 10.6 Å². The Balaban J connectivity index is 2.12. The van der Waals surface area contributed by atoms with Crippen molar-refractivity contribution in [1.29, 1.82) is 0 Å². The van der Waals surface area contributed by atoms with E-state index in [9.17, 15) is 4.79 Å². The van der Waals surface area contributed by atoms with Gasteiger partial charge in [0.05, 0.1) is 24.4 Å². The smallest absolute Gasteiger partial charge is 0.231 e. The van der Waals surface area contributed by atoms with Gasteiger partial charge in [0.25, 0.3) is 0 Å². The molecule has 0 saturated heterocycles. The molecule has 27 heavy (non-hydrogen) atoms. The molecule has 0 radical (unpaired) electrons. The minimum absolute atomic E-state index is 0.0683. The summed E-state index contributed by atoms with van der Waals surface area (Å²) in [7, 11) is 0. The topological polar surface area (TPSA) is 59.7 Å². The Morgan fingerprint density at radius 2 is 1.78 bits per heavy atom. The van der Waals surface area contributed by atoms with Crippen LogP contribution >= 0.6 is 0 Å². The zero-order chi connectivity index (χ0) is 19.4. The summed E-state index contributed by atoms with van der Waals surface area (Å²) in [5.41, 5.74) is 4.44. The number of carbonyl (C=O) groups is 1. The molecule has 0 aliphatic rings. The average molecular weight is 366 g/mol. The quantitative estimate of drug-likeness (QED) is 0.642. The molecule has 0 N–H and O–H groups in total. The number of benzene rings is 1. The van der Waals surface area contributed by atoms with Gasteiger partial charge in [-0.1, -0.05) is 29.8 Å². The Bertz CT molecular complexity index is 927. The standard InChI is InChI=1S/C21H26N4O2/c1-5-24(6-2)20(26)14-17-21(16-10-8-15(4)9-11-16)22-18-12-13-19(27-7-3)23-25(17)18/h8-13H,5-7,14H2,1-4H3. The molecule has 0 bridgehead atoms. The SMILES string of the molecule is CCOc1ccc2nc(-c3ccc(C)cc3)c(CC(=O)N(CC)CC)n2n1. The van der Waals surface area contributed by atoms with Gasteiger partial charge in [0.2, 0.25) is 11.8 Å². The van der Waals surface area contributed by atoms with Crippen LogP contribution in [0.3, 0.4) is 0 Å². The van der Waals surface area contributed by atoms with Gasteiger partial charge in [0, 0.05) is 24.7 Å². The molecule has 0 saturated carbocycles. The summed E-state index contributed by atoms with van der Waals surface area (Å²) in [5, 5.41) is 4.55. The molecule has 6 nitrogen and oxygen atoms in total. The van der Waals surface area contributed by atoms with E-state index in [2.05, 4.69) is 5.10 Å². The highest BCUT2D eigenvalue weighted by Crippen LogP contribution is 2.26. The fourth-order valence-corrected chi connectivity index (χ4v) is 3.12. The number of likely N-dealkylation sites (N-methyl/N-ethyl adjacent to an activating group) is 1. The van der Waals surface area contributed by atoms with Crippen molar-refractivity contribution in [3.8, 4) is 17.1 Å². The van der Waals surface area contributed by atoms with Crippen molar-refractivity contribution in [2.75, 3.05) is 19.7 Å². The van der Waals surface area contributed by atoms with Crippen LogP contribution in [0.25, 0.3) is 16.9 Å². The normalized spacial score (nSPS) is 11.0. The monoisotopic (exact) mass is 366 g/mol. The van der Waals surface area contributed by atoms with Gasteiger partial charge in [-0.15, -0.1) is 5.10 Å². The van der Waals surface area contributed by atoms with Gasteiger partial charge in [-0.05, 0) is 33.8 Å². The predicted molar refractivity (Wildman–Crippen MR) is 106 cm³/mol. The van der Waals surface area contributed by atoms with Crippen LogP contribution in [0, 0.1) is 6.92 Å². The number of ether oxygens (including phenoxy) is 1. The minimum Gasteiger partial charge on any atom is -0.477 e. The Kier molecular flexibility index (Phi) is 5.74. The van der Waals surface area contributed by atoms with E-state index in [4.69, 9.17) is 9.72 Å². The Hall–Kier alpha value is -2.89. The van der Waals surface area contributed by atoms with E-state index >= 15 is 0 Å². The molecule has 0 fully saturated rings. The number of amides is 1. The molecule has 3 aromatic rings. The van der Waals surface area contributed by atoms with E-state index in [-0.39, 0.29) is 12.3 Å². The lowest BCUT2D eigenvalue weighted by molar-refractivity contribution is -0.130. The molecule has 2 heterocycles. The fraction of sp³-hybridized carbons (Fsp3) is 0.381. The largest absolute Gasteiger partial charge is 0.477 e. The van der Waals surface area contributed by atoms with Gasteiger partial charge < -0.3 is 9.64 Å². The third-order valence-electron chi connectivity index (χ3n) is 4.60. The lowest BCUT2D eigenvalue weighted by Gasteiger charge is -2.18. The number of fused-ring (bicyclic) bond motifs is 1. The lowest BCUT2D eigenvalue weighted by Crippen LogP contribution is -2.32. The maximum Gasteiger partial charge on any atom is 0.231 e. The fourth-order valence-electron chi connectivity index (χ4n) is 3.12. The molecule has 6 heteroatoms. The zero-order valence-electron chi connectivity index (χ0n) is 16.4. The molecule has 0 aliphatic carbocycles. The Labute approximate surface area is 159 Å². The minimum atomic E-state index is 0.0683. The van der Waals surface area contributed by atoms with E-state index in [1.807, 2.05) is 62.9 Å². The average Bonchev–Trinajstić information content (AvgIpc) is 3.01. The third kappa shape index (κ3) is 3.94. The highest BCUT2D eigenvalue weighted by molar-refractivity contribution is 5.81. The van der Waals surface area contributed by atoms with Gasteiger partial charge in [0.15, 0.2) is 5.65 Å². The molecular formula is C21H26N4O2. The van der Waals surface area contributed by atoms with Crippen LogP contribution in [0.5, 0.6) is 5.88 Å². The Morgan fingerprint density at radius 3 is 2.41 bits per heavy atom. The maximum absolute atomic E-state index is 12.8. The number of rotatable bonds is 7. The highest BCUT2D eigenvalue weighted by atomic mass is 16.5. The van der Waals surface area contributed by atoms with Crippen LogP contribution in [-0.2, 0) is 11.2 Å².